The Labute approximate surface area is 124 Å². The van der Waals surface area contributed by atoms with Gasteiger partial charge >= 0.3 is 0 Å². The van der Waals surface area contributed by atoms with Crippen LogP contribution in [0.15, 0.2) is 22.7 Å². The van der Waals surface area contributed by atoms with E-state index in [2.05, 4.69) is 17.4 Å². The number of aryl methyl sites for hydroxylation is 2. The summed E-state index contributed by atoms with van der Waals surface area (Å²) in [6.07, 6.45) is 0. The molecule has 0 spiro atoms. The monoisotopic (exact) mass is 294 g/mol. The highest BCUT2D eigenvalue weighted by Crippen LogP contribution is 2.27. The molecule has 1 N–H and O–H groups in total. The van der Waals surface area contributed by atoms with Gasteiger partial charge in [0.15, 0.2) is 0 Å². The van der Waals surface area contributed by atoms with Crippen molar-refractivity contribution in [2.75, 3.05) is 6.54 Å². The van der Waals surface area contributed by atoms with Crippen LogP contribution in [0.4, 0.5) is 0 Å². The molecule has 0 aliphatic carbocycles. The molecule has 5 heteroatoms. The zero-order chi connectivity index (χ0) is 14.5. The van der Waals surface area contributed by atoms with Gasteiger partial charge in [0, 0.05) is 6.54 Å². The Morgan fingerprint density at radius 2 is 2.15 bits per heavy atom. The van der Waals surface area contributed by atoms with Crippen molar-refractivity contribution in [1.29, 1.82) is 0 Å². The number of ether oxygens (including phenoxy) is 1. The van der Waals surface area contributed by atoms with Crippen LogP contribution in [0, 0.1) is 13.8 Å². The predicted octanol–water partition coefficient (Wildman–Crippen LogP) is 3.63. The average molecular weight is 295 g/mol. The van der Waals surface area contributed by atoms with Crippen LogP contribution in [0.3, 0.4) is 0 Å². The van der Waals surface area contributed by atoms with Gasteiger partial charge in [-0.1, -0.05) is 29.7 Å². The van der Waals surface area contributed by atoms with Crippen LogP contribution in [0.25, 0.3) is 0 Å². The summed E-state index contributed by atoms with van der Waals surface area (Å²) in [5.74, 6) is 1.45. The van der Waals surface area contributed by atoms with Gasteiger partial charge in [-0.25, -0.2) is 0 Å². The zero-order valence-corrected chi connectivity index (χ0v) is 12.8. The number of halogens is 1. The first kappa shape index (κ1) is 14.9. The maximum Gasteiger partial charge on any atom is 0.140 e. The molecule has 0 bridgehead atoms. The Balaban J connectivity index is 2.03. The highest BCUT2D eigenvalue weighted by molar-refractivity contribution is 6.32. The van der Waals surface area contributed by atoms with E-state index in [-0.39, 0.29) is 0 Å². The lowest BCUT2D eigenvalue weighted by Crippen LogP contribution is -2.11. The number of rotatable bonds is 6. The van der Waals surface area contributed by atoms with Crippen molar-refractivity contribution in [3.05, 3.63) is 45.8 Å². The van der Waals surface area contributed by atoms with Crippen molar-refractivity contribution >= 4 is 11.6 Å². The van der Waals surface area contributed by atoms with E-state index >= 15 is 0 Å². The second-order valence-corrected chi connectivity index (χ2v) is 5.04. The Kier molecular flexibility index (Phi) is 5.04. The summed E-state index contributed by atoms with van der Waals surface area (Å²) in [4.78, 5) is 0. The molecule has 0 amide bonds. The third kappa shape index (κ3) is 3.52. The molecule has 0 radical (unpaired) electrons. The van der Waals surface area contributed by atoms with Gasteiger partial charge in [0.2, 0.25) is 0 Å². The van der Waals surface area contributed by atoms with E-state index in [0.29, 0.717) is 17.4 Å². The molecule has 1 aromatic heterocycles. The first-order chi connectivity index (χ1) is 9.61. The van der Waals surface area contributed by atoms with E-state index in [9.17, 15) is 0 Å². The molecule has 0 atom stereocenters. The number of hydrogen-bond acceptors (Lipinski definition) is 4. The van der Waals surface area contributed by atoms with Crippen LogP contribution in [0.1, 0.15) is 29.5 Å². The molecule has 0 unspecified atom stereocenters. The molecule has 1 aromatic carbocycles. The van der Waals surface area contributed by atoms with Crippen molar-refractivity contribution in [3.8, 4) is 5.75 Å². The Morgan fingerprint density at radius 3 is 2.75 bits per heavy atom. The van der Waals surface area contributed by atoms with Crippen LogP contribution in [0.2, 0.25) is 5.02 Å². The number of benzene rings is 1. The number of hydrogen-bond donors (Lipinski definition) is 1. The van der Waals surface area contributed by atoms with Crippen LogP contribution in [-0.2, 0) is 13.2 Å². The standard InChI is InChI=1S/C15H19ClN2O2/c1-4-17-8-12-5-6-15(14(16)7-12)19-9-13-10(2)18-20-11(13)3/h5-7,17H,4,8-9H2,1-3H3. The molecule has 0 saturated carbocycles. The number of nitrogens with one attached hydrogen (secondary N) is 1. The second kappa shape index (κ2) is 6.77. The number of aromatic nitrogens is 1. The highest BCUT2D eigenvalue weighted by atomic mass is 35.5. The van der Waals surface area contributed by atoms with Crippen LogP contribution >= 0.6 is 11.6 Å². The fraction of sp³-hybridized carbons (Fsp3) is 0.400. The molecule has 2 rings (SSSR count). The largest absolute Gasteiger partial charge is 0.487 e. The third-order valence-electron chi connectivity index (χ3n) is 3.13. The zero-order valence-electron chi connectivity index (χ0n) is 12.0. The SMILES string of the molecule is CCNCc1ccc(OCc2c(C)noc2C)c(Cl)c1. The van der Waals surface area contributed by atoms with E-state index in [4.69, 9.17) is 20.9 Å². The van der Waals surface area contributed by atoms with Crippen LogP contribution in [-0.4, -0.2) is 11.7 Å². The molecule has 0 saturated heterocycles. The fourth-order valence-electron chi connectivity index (χ4n) is 1.90. The minimum Gasteiger partial charge on any atom is -0.487 e. The number of nitrogens with zero attached hydrogens (tertiary/aromatic N) is 1. The van der Waals surface area contributed by atoms with E-state index < -0.39 is 0 Å². The summed E-state index contributed by atoms with van der Waals surface area (Å²) >= 11 is 6.24. The lowest BCUT2D eigenvalue weighted by Gasteiger charge is -2.09. The maximum atomic E-state index is 6.24. The quantitative estimate of drug-likeness (QED) is 0.884. The maximum absolute atomic E-state index is 6.24. The first-order valence-electron chi connectivity index (χ1n) is 6.65. The topological polar surface area (TPSA) is 47.3 Å². The van der Waals surface area contributed by atoms with Gasteiger partial charge in [0.1, 0.15) is 18.1 Å². The molecule has 2 aromatic rings. The van der Waals surface area contributed by atoms with Gasteiger partial charge in [0.05, 0.1) is 16.3 Å². The van der Waals surface area contributed by atoms with Gasteiger partial charge < -0.3 is 14.6 Å². The molecule has 0 aliphatic heterocycles. The fourth-order valence-corrected chi connectivity index (χ4v) is 2.16. The lowest BCUT2D eigenvalue weighted by molar-refractivity contribution is 0.302. The normalized spacial score (nSPS) is 10.8. The molecule has 1 heterocycles. The third-order valence-corrected chi connectivity index (χ3v) is 3.42. The van der Waals surface area contributed by atoms with Gasteiger partial charge in [-0.2, -0.15) is 0 Å². The van der Waals surface area contributed by atoms with Gasteiger partial charge in [0.25, 0.3) is 0 Å². The van der Waals surface area contributed by atoms with E-state index in [0.717, 1.165) is 35.7 Å². The molecular formula is C15H19ClN2O2. The van der Waals surface area contributed by atoms with Gasteiger partial charge in [-0.3, -0.25) is 0 Å². The minimum atomic E-state index is 0.410. The lowest BCUT2D eigenvalue weighted by atomic mass is 10.2. The average Bonchev–Trinajstić information content (AvgIpc) is 2.75. The molecular weight excluding hydrogens is 276 g/mol. The van der Waals surface area contributed by atoms with Crippen molar-refractivity contribution in [1.82, 2.24) is 10.5 Å². The van der Waals surface area contributed by atoms with E-state index in [1.807, 2.05) is 32.0 Å². The highest BCUT2D eigenvalue weighted by Gasteiger charge is 2.11. The summed E-state index contributed by atoms with van der Waals surface area (Å²) in [6, 6.07) is 5.83. The van der Waals surface area contributed by atoms with Crippen molar-refractivity contribution in [3.63, 3.8) is 0 Å². The summed E-state index contributed by atoms with van der Waals surface area (Å²) in [6.45, 7) is 7.99. The van der Waals surface area contributed by atoms with Crippen molar-refractivity contribution in [2.45, 2.75) is 33.9 Å². The van der Waals surface area contributed by atoms with Gasteiger partial charge in [-0.05, 0) is 38.1 Å². The summed E-state index contributed by atoms with van der Waals surface area (Å²) < 4.78 is 10.9. The van der Waals surface area contributed by atoms with E-state index in [1.165, 1.54) is 0 Å². The minimum absolute atomic E-state index is 0.410. The molecule has 0 aliphatic rings. The van der Waals surface area contributed by atoms with E-state index in [1.54, 1.807) is 0 Å². The summed E-state index contributed by atoms with van der Waals surface area (Å²) in [5.41, 5.74) is 2.96. The van der Waals surface area contributed by atoms with Gasteiger partial charge in [-0.15, -0.1) is 0 Å². The molecule has 0 fully saturated rings. The molecule has 20 heavy (non-hydrogen) atoms. The molecule has 108 valence electrons. The smallest absolute Gasteiger partial charge is 0.140 e. The summed E-state index contributed by atoms with van der Waals surface area (Å²) in [5, 5.41) is 7.78. The summed E-state index contributed by atoms with van der Waals surface area (Å²) in [7, 11) is 0. The van der Waals surface area contributed by atoms with Crippen LogP contribution in [0.5, 0.6) is 5.75 Å². The van der Waals surface area contributed by atoms with Crippen molar-refractivity contribution in [2.24, 2.45) is 0 Å². The predicted molar refractivity (Wildman–Crippen MR) is 79.1 cm³/mol. The van der Waals surface area contributed by atoms with Crippen molar-refractivity contribution < 1.29 is 9.26 Å². The Bertz CT molecular complexity index is 562. The first-order valence-corrected chi connectivity index (χ1v) is 7.03. The molecule has 4 nitrogen and oxygen atoms in total. The Morgan fingerprint density at radius 1 is 1.35 bits per heavy atom. The second-order valence-electron chi connectivity index (χ2n) is 4.64. The Hall–Kier alpha value is -1.52. The van der Waals surface area contributed by atoms with Crippen LogP contribution < -0.4 is 10.1 Å².